The molecule has 2 heterocycles. The van der Waals surface area contributed by atoms with Crippen molar-refractivity contribution in [2.75, 3.05) is 0 Å². The number of benzene rings is 2. The van der Waals surface area contributed by atoms with Crippen LogP contribution in [0, 0.1) is 5.82 Å². The third-order valence-corrected chi connectivity index (χ3v) is 5.98. The van der Waals surface area contributed by atoms with Gasteiger partial charge in [0.05, 0.1) is 10.8 Å². The van der Waals surface area contributed by atoms with Crippen molar-refractivity contribution in [3.63, 3.8) is 0 Å². The topological polar surface area (TPSA) is 78.9 Å². The van der Waals surface area contributed by atoms with Gasteiger partial charge in [0.2, 0.25) is 0 Å². The first-order valence-electron chi connectivity index (χ1n) is 9.70. The minimum Gasteiger partial charge on any atom is -0.484 e. The molecule has 0 saturated heterocycles. The molecule has 0 atom stereocenters. The summed E-state index contributed by atoms with van der Waals surface area (Å²) in [7, 11) is 0. The molecule has 31 heavy (non-hydrogen) atoms. The number of hydrogen-bond donors (Lipinski definition) is 0. The molecule has 0 unspecified atom stereocenters. The summed E-state index contributed by atoms with van der Waals surface area (Å²) in [4.78, 5) is 4.39. The maximum absolute atomic E-state index is 13.1. The molecular formula is C21H17ClFN5O2S. The summed E-state index contributed by atoms with van der Waals surface area (Å²) in [5.74, 6) is 2.42. The molecular weight excluding hydrogens is 441 g/mol. The van der Waals surface area contributed by atoms with Crippen molar-refractivity contribution < 1.29 is 13.7 Å². The highest BCUT2D eigenvalue weighted by atomic mass is 35.5. The number of ether oxygens (including phenoxy) is 1. The van der Waals surface area contributed by atoms with Gasteiger partial charge in [-0.1, -0.05) is 40.7 Å². The highest BCUT2D eigenvalue weighted by Gasteiger charge is 2.30. The van der Waals surface area contributed by atoms with Crippen LogP contribution in [-0.4, -0.2) is 24.9 Å². The quantitative estimate of drug-likeness (QED) is 0.331. The van der Waals surface area contributed by atoms with E-state index in [-0.39, 0.29) is 12.4 Å². The number of aromatic nitrogens is 5. The second-order valence-corrected chi connectivity index (χ2v) is 8.38. The number of nitrogens with zero attached hydrogens (tertiary/aromatic N) is 5. The molecule has 1 aliphatic rings. The Morgan fingerprint density at radius 2 is 1.94 bits per heavy atom. The lowest BCUT2D eigenvalue weighted by Gasteiger charge is -2.10. The van der Waals surface area contributed by atoms with E-state index in [0.29, 0.717) is 39.8 Å². The first kappa shape index (κ1) is 20.0. The molecule has 0 radical (unpaired) electrons. The van der Waals surface area contributed by atoms with Crippen LogP contribution in [-0.2, 0) is 12.4 Å². The Bertz CT molecular complexity index is 1190. The van der Waals surface area contributed by atoms with E-state index in [9.17, 15) is 4.39 Å². The van der Waals surface area contributed by atoms with Crippen molar-refractivity contribution >= 4 is 23.4 Å². The summed E-state index contributed by atoms with van der Waals surface area (Å²) < 4.78 is 26.4. The fraction of sp³-hybridized carbons (Fsp3) is 0.238. The van der Waals surface area contributed by atoms with Gasteiger partial charge < -0.3 is 9.26 Å². The summed E-state index contributed by atoms with van der Waals surface area (Å²) in [5, 5.41) is 14.0. The van der Waals surface area contributed by atoms with Crippen molar-refractivity contribution in [2.45, 2.75) is 36.4 Å². The summed E-state index contributed by atoms with van der Waals surface area (Å²) in [6.45, 7) is 0.282. The molecule has 158 valence electrons. The lowest BCUT2D eigenvalue weighted by atomic mass is 10.2. The number of rotatable bonds is 8. The van der Waals surface area contributed by atoms with Gasteiger partial charge in [0.1, 0.15) is 18.2 Å². The minimum absolute atomic E-state index is 0.282. The van der Waals surface area contributed by atoms with Crippen LogP contribution in [0.2, 0.25) is 5.02 Å². The molecule has 0 bridgehead atoms. The Morgan fingerprint density at radius 1 is 1.13 bits per heavy atom. The molecule has 5 rings (SSSR count). The molecule has 0 amide bonds. The molecule has 0 N–H and O–H groups in total. The second-order valence-electron chi connectivity index (χ2n) is 7.03. The van der Waals surface area contributed by atoms with Crippen LogP contribution in [0.15, 0.2) is 58.2 Å². The smallest absolute Gasteiger partial charge is 0.257 e. The van der Waals surface area contributed by atoms with Crippen molar-refractivity contribution in [3.8, 4) is 17.2 Å². The van der Waals surface area contributed by atoms with Gasteiger partial charge in [0.15, 0.2) is 16.8 Å². The Balaban J connectivity index is 1.27. The van der Waals surface area contributed by atoms with E-state index in [0.717, 1.165) is 23.8 Å². The molecule has 4 aromatic rings. The summed E-state index contributed by atoms with van der Waals surface area (Å²) in [5.41, 5.74) is 0.672. The van der Waals surface area contributed by atoms with E-state index < -0.39 is 0 Å². The predicted molar refractivity (Wildman–Crippen MR) is 113 cm³/mol. The zero-order valence-electron chi connectivity index (χ0n) is 16.2. The van der Waals surface area contributed by atoms with E-state index in [1.165, 1.54) is 23.9 Å². The molecule has 1 fully saturated rings. The van der Waals surface area contributed by atoms with Crippen LogP contribution >= 0.6 is 23.4 Å². The molecule has 0 spiro atoms. The fourth-order valence-electron chi connectivity index (χ4n) is 3.06. The van der Waals surface area contributed by atoms with Gasteiger partial charge >= 0.3 is 0 Å². The first-order valence-corrected chi connectivity index (χ1v) is 11.1. The highest BCUT2D eigenvalue weighted by Crippen LogP contribution is 2.39. The van der Waals surface area contributed by atoms with Crippen LogP contribution in [0.3, 0.4) is 0 Å². The maximum atomic E-state index is 13.1. The summed E-state index contributed by atoms with van der Waals surface area (Å²) in [6, 6.07) is 13.7. The third-order valence-electron chi connectivity index (χ3n) is 4.73. The van der Waals surface area contributed by atoms with Gasteiger partial charge in [-0.15, -0.1) is 10.2 Å². The number of halogens is 2. The van der Waals surface area contributed by atoms with Gasteiger partial charge in [0.25, 0.3) is 5.89 Å². The van der Waals surface area contributed by atoms with Crippen LogP contribution in [0.5, 0.6) is 5.75 Å². The molecule has 1 aliphatic carbocycles. The molecule has 0 aliphatic heterocycles. The third kappa shape index (κ3) is 4.57. The van der Waals surface area contributed by atoms with Gasteiger partial charge in [-0.25, -0.2) is 4.39 Å². The minimum atomic E-state index is -0.312. The molecule has 2 aromatic carbocycles. The van der Waals surface area contributed by atoms with E-state index in [2.05, 4.69) is 24.9 Å². The van der Waals surface area contributed by atoms with Gasteiger partial charge in [-0.3, -0.25) is 4.57 Å². The first-order chi connectivity index (χ1) is 15.2. The molecule has 10 heteroatoms. The van der Waals surface area contributed by atoms with Crippen LogP contribution in [0.1, 0.15) is 30.5 Å². The zero-order valence-corrected chi connectivity index (χ0v) is 17.8. The van der Waals surface area contributed by atoms with Crippen molar-refractivity contribution in [1.82, 2.24) is 24.9 Å². The average Bonchev–Trinajstić information content (AvgIpc) is 3.36. The molecule has 1 saturated carbocycles. The Hall–Kier alpha value is -2.91. The summed E-state index contributed by atoms with van der Waals surface area (Å²) >= 11 is 7.66. The standard InChI is InChI=1S/C21H17ClFN5O2S/c22-16-3-1-2-4-17(16)29-11-19-25-26-21(28(19)15-9-10-15)31-12-18-24-20(30-27-18)13-5-7-14(23)8-6-13/h1-8,15H,9-12H2. The van der Waals surface area contributed by atoms with E-state index in [4.69, 9.17) is 20.9 Å². The number of para-hydroxylation sites is 1. The molecule has 7 nitrogen and oxygen atoms in total. The zero-order chi connectivity index (χ0) is 21.2. The largest absolute Gasteiger partial charge is 0.484 e. The Labute approximate surface area is 186 Å². The van der Waals surface area contributed by atoms with Gasteiger partial charge in [-0.2, -0.15) is 4.98 Å². The normalized spacial score (nSPS) is 13.5. The van der Waals surface area contributed by atoms with Crippen molar-refractivity contribution in [3.05, 3.63) is 71.0 Å². The van der Waals surface area contributed by atoms with E-state index in [1.54, 1.807) is 18.2 Å². The lowest BCUT2D eigenvalue weighted by molar-refractivity contribution is 0.288. The second kappa shape index (κ2) is 8.68. The SMILES string of the molecule is Fc1ccc(-c2nc(CSc3nnc(COc4ccccc4Cl)n3C3CC3)no2)cc1. The Kier molecular flexibility index (Phi) is 5.61. The number of hydrogen-bond acceptors (Lipinski definition) is 7. The predicted octanol–water partition coefficient (Wildman–Crippen LogP) is 5.33. The van der Waals surface area contributed by atoms with E-state index >= 15 is 0 Å². The van der Waals surface area contributed by atoms with E-state index in [1.807, 2.05) is 18.2 Å². The highest BCUT2D eigenvalue weighted by molar-refractivity contribution is 7.98. The van der Waals surface area contributed by atoms with Crippen LogP contribution in [0.25, 0.3) is 11.5 Å². The monoisotopic (exact) mass is 457 g/mol. The van der Waals surface area contributed by atoms with Crippen LogP contribution in [0.4, 0.5) is 4.39 Å². The number of thioether (sulfide) groups is 1. The maximum Gasteiger partial charge on any atom is 0.257 e. The lowest BCUT2D eigenvalue weighted by Crippen LogP contribution is -2.07. The van der Waals surface area contributed by atoms with Crippen molar-refractivity contribution in [2.24, 2.45) is 0 Å². The summed E-state index contributed by atoms with van der Waals surface area (Å²) in [6.07, 6.45) is 2.17. The van der Waals surface area contributed by atoms with Gasteiger partial charge in [0, 0.05) is 11.6 Å². The molecule has 2 aromatic heterocycles. The van der Waals surface area contributed by atoms with Gasteiger partial charge in [-0.05, 0) is 49.2 Å². The average molecular weight is 458 g/mol. The van der Waals surface area contributed by atoms with Crippen molar-refractivity contribution in [1.29, 1.82) is 0 Å². The fourth-order valence-corrected chi connectivity index (χ4v) is 4.12. The van der Waals surface area contributed by atoms with Crippen LogP contribution < -0.4 is 4.74 Å². The Morgan fingerprint density at radius 3 is 2.71 bits per heavy atom.